The van der Waals surface area contributed by atoms with E-state index in [0.717, 1.165) is 55.8 Å². The SMILES string of the molecule is Cc1ccc(N2CCN(CCCOc3ccc4[nH]c(=O)ccc4c3)CC2)cc1. The van der Waals surface area contributed by atoms with Crippen molar-refractivity contribution in [3.63, 3.8) is 0 Å². The number of fused-ring (bicyclic) bond motifs is 1. The number of aromatic nitrogens is 1. The van der Waals surface area contributed by atoms with E-state index in [-0.39, 0.29) is 5.56 Å². The molecular weight excluding hydrogens is 350 g/mol. The molecule has 2 aromatic carbocycles. The summed E-state index contributed by atoms with van der Waals surface area (Å²) in [5, 5.41) is 0.990. The zero-order valence-corrected chi connectivity index (χ0v) is 16.4. The van der Waals surface area contributed by atoms with E-state index < -0.39 is 0 Å². The second-order valence-electron chi connectivity index (χ2n) is 7.44. The molecule has 1 N–H and O–H groups in total. The van der Waals surface area contributed by atoms with Crippen molar-refractivity contribution in [1.82, 2.24) is 9.88 Å². The van der Waals surface area contributed by atoms with Crippen molar-refractivity contribution in [3.8, 4) is 5.75 Å². The topological polar surface area (TPSA) is 48.6 Å². The molecule has 1 aliphatic rings. The van der Waals surface area contributed by atoms with E-state index >= 15 is 0 Å². The first kappa shape index (κ1) is 18.6. The molecule has 0 saturated carbocycles. The van der Waals surface area contributed by atoms with Crippen LogP contribution in [0, 0.1) is 6.92 Å². The highest BCUT2D eigenvalue weighted by atomic mass is 16.5. The molecule has 146 valence electrons. The highest BCUT2D eigenvalue weighted by molar-refractivity contribution is 5.79. The van der Waals surface area contributed by atoms with E-state index in [4.69, 9.17) is 4.74 Å². The molecule has 0 unspecified atom stereocenters. The van der Waals surface area contributed by atoms with Crippen LogP contribution in [0.15, 0.2) is 59.4 Å². The van der Waals surface area contributed by atoms with Gasteiger partial charge < -0.3 is 14.6 Å². The Bertz CT molecular complexity index is 973. The summed E-state index contributed by atoms with van der Waals surface area (Å²) in [6, 6.07) is 18.0. The summed E-state index contributed by atoms with van der Waals surface area (Å²) in [5.41, 5.74) is 3.39. The molecule has 1 fully saturated rings. The summed E-state index contributed by atoms with van der Waals surface area (Å²) in [6.07, 6.45) is 1.01. The van der Waals surface area contributed by atoms with Gasteiger partial charge in [0.05, 0.1) is 6.61 Å². The normalized spacial score (nSPS) is 15.1. The Morgan fingerprint density at radius 1 is 0.964 bits per heavy atom. The van der Waals surface area contributed by atoms with Gasteiger partial charge in [0.2, 0.25) is 5.56 Å². The Balaban J connectivity index is 1.20. The summed E-state index contributed by atoms with van der Waals surface area (Å²) in [6.45, 7) is 8.23. The maximum atomic E-state index is 11.3. The number of aryl methyl sites for hydroxylation is 1. The van der Waals surface area contributed by atoms with Crippen LogP contribution in [0.25, 0.3) is 10.9 Å². The van der Waals surface area contributed by atoms with Gasteiger partial charge in [0.25, 0.3) is 0 Å². The number of ether oxygens (including phenoxy) is 1. The summed E-state index contributed by atoms with van der Waals surface area (Å²) in [4.78, 5) is 19.2. The van der Waals surface area contributed by atoms with E-state index in [1.807, 2.05) is 24.3 Å². The number of rotatable bonds is 6. The molecular formula is C23H27N3O2. The molecule has 1 saturated heterocycles. The van der Waals surface area contributed by atoms with Gasteiger partial charge in [0.1, 0.15) is 5.75 Å². The van der Waals surface area contributed by atoms with E-state index in [0.29, 0.717) is 6.61 Å². The number of hydrogen-bond donors (Lipinski definition) is 1. The molecule has 1 aliphatic heterocycles. The molecule has 5 heteroatoms. The summed E-state index contributed by atoms with van der Waals surface area (Å²) in [7, 11) is 0. The Labute approximate surface area is 165 Å². The largest absolute Gasteiger partial charge is 0.494 e. The fourth-order valence-corrected chi connectivity index (χ4v) is 3.69. The quantitative estimate of drug-likeness (QED) is 0.669. The van der Waals surface area contributed by atoms with Crippen LogP contribution >= 0.6 is 0 Å². The highest BCUT2D eigenvalue weighted by Crippen LogP contribution is 2.19. The van der Waals surface area contributed by atoms with Crippen LogP contribution in [0.4, 0.5) is 5.69 Å². The summed E-state index contributed by atoms with van der Waals surface area (Å²) >= 11 is 0. The summed E-state index contributed by atoms with van der Waals surface area (Å²) in [5.74, 6) is 0.851. The van der Waals surface area contributed by atoms with Crippen LogP contribution in [-0.2, 0) is 0 Å². The highest BCUT2D eigenvalue weighted by Gasteiger charge is 2.16. The number of aromatic amines is 1. The standard InChI is InChI=1S/C23H27N3O2/c1-18-3-6-20(7-4-18)26-14-12-25(13-15-26)11-2-16-28-21-8-9-22-19(17-21)5-10-23(27)24-22/h3-10,17H,2,11-16H2,1H3,(H,24,27). The number of benzene rings is 2. The van der Waals surface area contributed by atoms with Crippen molar-refractivity contribution in [2.75, 3.05) is 44.2 Å². The third-order valence-electron chi connectivity index (χ3n) is 5.35. The molecule has 4 rings (SSSR count). The lowest BCUT2D eigenvalue weighted by Gasteiger charge is -2.36. The molecule has 28 heavy (non-hydrogen) atoms. The average Bonchev–Trinajstić information content (AvgIpc) is 2.72. The number of hydrogen-bond acceptors (Lipinski definition) is 4. The van der Waals surface area contributed by atoms with Gasteiger partial charge in [0.15, 0.2) is 0 Å². The first-order valence-corrected chi connectivity index (χ1v) is 9.97. The van der Waals surface area contributed by atoms with Crippen LogP contribution in [0.1, 0.15) is 12.0 Å². The Hall–Kier alpha value is -2.79. The first-order valence-electron chi connectivity index (χ1n) is 9.97. The molecule has 0 atom stereocenters. The Morgan fingerprint density at radius 3 is 2.54 bits per heavy atom. The number of H-pyrrole nitrogens is 1. The van der Waals surface area contributed by atoms with Gasteiger partial charge in [-0.2, -0.15) is 0 Å². The predicted octanol–water partition coefficient (Wildman–Crippen LogP) is 3.43. The van der Waals surface area contributed by atoms with Gasteiger partial charge in [-0.25, -0.2) is 0 Å². The third kappa shape index (κ3) is 4.54. The minimum atomic E-state index is -0.0800. The molecule has 0 bridgehead atoms. The van der Waals surface area contributed by atoms with E-state index in [1.54, 1.807) is 6.07 Å². The molecule has 1 aromatic heterocycles. The van der Waals surface area contributed by atoms with Crippen LogP contribution in [0.2, 0.25) is 0 Å². The molecule has 0 radical (unpaired) electrons. The molecule has 0 amide bonds. The first-order chi connectivity index (χ1) is 13.7. The van der Waals surface area contributed by atoms with Crippen molar-refractivity contribution in [1.29, 1.82) is 0 Å². The van der Waals surface area contributed by atoms with Crippen LogP contribution < -0.4 is 15.2 Å². The van der Waals surface area contributed by atoms with Crippen LogP contribution in [0.5, 0.6) is 5.75 Å². The smallest absolute Gasteiger partial charge is 0.248 e. The molecule has 2 heterocycles. The van der Waals surface area contributed by atoms with Crippen molar-refractivity contribution in [2.45, 2.75) is 13.3 Å². The average molecular weight is 377 g/mol. The van der Waals surface area contributed by atoms with Gasteiger partial charge in [0, 0.05) is 55.4 Å². The minimum absolute atomic E-state index is 0.0800. The molecule has 3 aromatic rings. The van der Waals surface area contributed by atoms with E-state index in [1.165, 1.54) is 11.3 Å². The maximum absolute atomic E-state index is 11.3. The number of piperazine rings is 1. The van der Waals surface area contributed by atoms with Crippen LogP contribution in [-0.4, -0.2) is 49.2 Å². The maximum Gasteiger partial charge on any atom is 0.248 e. The molecule has 0 spiro atoms. The van der Waals surface area contributed by atoms with Gasteiger partial charge in [-0.1, -0.05) is 17.7 Å². The van der Waals surface area contributed by atoms with Gasteiger partial charge in [-0.05, 0) is 49.7 Å². The van der Waals surface area contributed by atoms with Crippen LogP contribution in [0.3, 0.4) is 0 Å². The number of nitrogens with one attached hydrogen (secondary N) is 1. The lowest BCUT2D eigenvalue weighted by molar-refractivity contribution is 0.225. The fourth-order valence-electron chi connectivity index (χ4n) is 3.69. The van der Waals surface area contributed by atoms with Gasteiger partial charge in [-0.3, -0.25) is 9.69 Å². The second-order valence-corrected chi connectivity index (χ2v) is 7.44. The lowest BCUT2D eigenvalue weighted by Crippen LogP contribution is -2.46. The molecule has 0 aliphatic carbocycles. The summed E-state index contributed by atoms with van der Waals surface area (Å²) < 4.78 is 5.91. The molecule has 5 nitrogen and oxygen atoms in total. The van der Waals surface area contributed by atoms with E-state index in [9.17, 15) is 4.79 Å². The third-order valence-corrected chi connectivity index (χ3v) is 5.35. The zero-order chi connectivity index (χ0) is 19.3. The monoisotopic (exact) mass is 377 g/mol. The number of anilines is 1. The van der Waals surface area contributed by atoms with Crippen molar-refractivity contribution in [2.24, 2.45) is 0 Å². The van der Waals surface area contributed by atoms with E-state index in [2.05, 4.69) is 46.0 Å². The van der Waals surface area contributed by atoms with Crippen molar-refractivity contribution in [3.05, 3.63) is 70.5 Å². The number of pyridine rings is 1. The Morgan fingerprint density at radius 2 is 1.75 bits per heavy atom. The van der Waals surface area contributed by atoms with Gasteiger partial charge >= 0.3 is 0 Å². The predicted molar refractivity (Wildman–Crippen MR) is 115 cm³/mol. The fraction of sp³-hybridized carbons (Fsp3) is 0.348. The van der Waals surface area contributed by atoms with Gasteiger partial charge in [-0.15, -0.1) is 0 Å². The lowest BCUT2D eigenvalue weighted by atomic mass is 10.2. The Kier molecular flexibility index (Phi) is 5.63. The second kappa shape index (κ2) is 8.48. The minimum Gasteiger partial charge on any atom is -0.494 e. The number of nitrogens with zero attached hydrogens (tertiary/aromatic N) is 2. The zero-order valence-electron chi connectivity index (χ0n) is 16.4. The van der Waals surface area contributed by atoms with Crippen molar-refractivity contribution >= 4 is 16.6 Å². The van der Waals surface area contributed by atoms with Crippen molar-refractivity contribution < 1.29 is 4.74 Å².